The third kappa shape index (κ3) is 4.59. The zero-order chi connectivity index (χ0) is 18.7. The van der Waals surface area contributed by atoms with Gasteiger partial charge < -0.3 is 4.74 Å². The lowest BCUT2D eigenvalue weighted by atomic mass is 10.3. The Morgan fingerprint density at radius 3 is 1.52 bits per heavy atom. The van der Waals surface area contributed by atoms with Crippen LogP contribution in [0.5, 0.6) is 11.5 Å². The van der Waals surface area contributed by atoms with Gasteiger partial charge in [0.2, 0.25) is 10.0 Å². The molecule has 0 spiro atoms. The molecule has 0 amide bonds. The minimum Gasteiger partial charge on any atom is -0.457 e. The van der Waals surface area contributed by atoms with Crippen LogP contribution in [0.4, 0.5) is 0 Å². The molecule has 0 bridgehead atoms. The SMILES string of the molecule is CCN(CC)S(=O)(=O)c1ccc(Oc2ccc(S(C)(=O)=O)cc2)cc1. The number of ether oxygens (including phenoxy) is 1. The minimum atomic E-state index is -3.50. The maximum atomic E-state index is 12.4. The molecule has 2 aromatic carbocycles. The van der Waals surface area contributed by atoms with Crippen LogP contribution in [0, 0.1) is 0 Å². The van der Waals surface area contributed by atoms with E-state index in [1.54, 1.807) is 38.1 Å². The van der Waals surface area contributed by atoms with Gasteiger partial charge in [-0.25, -0.2) is 16.8 Å². The van der Waals surface area contributed by atoms with Crippen molar-refractivity contribution in [3.8, 4) is 11.5 Å². The maximum Gasteiger partial charge on any atom is 0.243 e. The van der Waals surface area contributed by atoms with Crippen molar-refractivity contribution >= 4 is 19.9 Å². The van der Waals surface area contributed by atoms with E-state index in [4.69, 9.17) is 4.74 Å². The summed E-state index contributed by atoms with van der Waals surface area (Å²) in [5, 5.41) is 0. The van der Waals surface area contributed by atoms with Crippen LogP contribution in [0.25, 0.3) is 0 Å². The highest BCUT2D eigenvalue weighted by Gasteiger charge is 2.21. The lowest BCUT2D eigenvalue weighted by Gasteiger charge is -2.18. The molecule has 0 aromatic heterocycles. The standard InChI is InChI=1S/C17H21NO5S2/c1-4-18(5-2)25(21,22)17-12-8-15(9-13-17)23-14-6-10-16(11-7-14)24(3,19)20/h6-13H,4-5H2,1-3H3. The first kappa shape index (κ1) is 19.4. The molecule has 0 aliphatic heterocycles. The number of rotatable bonds is 7. The summed E-state index contributed by atoms with van der Waals surface area (Å²) in [7, 11) is -6.76. The molecule has 136 valence electrons. The van der Waals surface area contributed by atoms with Crippen LogP contribution in [0.3, 0.4) is 0 Å². The molecule has 0 aliphatic rings. The lowest BCUT2D eigenvalue weighted by molar-refractivity contribution is 0.445. The molecule has 25 heavy (non-hydrogen) atoms. The van der Waals surface area contributed by atoms with E-state index in [0.717, 1.165) is 6.26 Å². The van der Waals surface area contributed by atoms with Crippen molar-refractivity contribution in [2.24, 2.45) is 0 Å². The number of benzene rings is 2. The molecule has 0 radical (unpaired) electrons. The monoisotopic (exact) mass is 383 g/mol. The normalized spacial score (nSPS) is 12.3. The van der Waals surface area contributed by atoms with Crippen LogP contribution < -0.4 is 4.74 Å². The van der Waals surface area contributed by atoms with Gasteiger partial charge >= 0.3 is 0 Å². The summed E-state index contributed by atoms with van der Waals surface area (Å²) in [5.41, 5.74) is 0. The highest BCUT2D eigenvalue weighted by molar-refractivity contribution is 7.90. The van der Waals surface area contributed by atoms with Crippen molar-refractivity contribution in [1.82, 2.24) is 4.31 Å². The molecule has 8 heteroatoms. The first-order chi connectivity index (χ1) is 11.7. The summed E-state index contributed by atoms with van der Waals surface area (Å²) in [5.74, 6) is 0.928. The fourth-order valence-corrected chi connectivity index (χ4v) is 4.37. The average molecular weight is 383 g/mol. The van der Waals surface area contributed by atoms with Gasteiger partial charge in [-0.05, 0) is 48.5 Å². The maximum absolute atomic E-state index is 12.4. The predicted molar refractivity (Wildman–Crippen MR) is 96.2 cm³/mol. The van der Waals surface area contributed by atoms with Crippen LogP contribution in [-0.4, -0.2) is 40.5 Å². The van der Waals surface area contributed by atoms with E-state index in [0.29, 0.717) is 24.6 Å². The van der Waals surface area contributed by atoms with Crippen molar-refractivity contribution in [3.05, 3.63) is 48.5 Å². The van der Waals surface area contributed by atoms with E-state index in [9.17, 15) is 16.8 Å². The van der Waals surface area contributed by atoms with Gasteiger partial charge in [-0.2, -0.15) is 4.31 Å². The summed E-state index contributed by atoms with van der Waals surface area (Å²) in [6.45, 7) is 4.39. The summed E-state index contributed by atoms with van der Waals surface area (Å²) in [6.07, 6.45) is 1.14. The zero-order valence-corrected chi connectivity index (χ0v) is 16.0. The van der Waals surface area contributed by atoms with E-state index in [-0.39, 0.29) is 9.79 Å². The third-order valence-electron chi connectivity index (χ3n) is 3.65. The van der Waals surface area contributed by atoms with Crippen LogP contribution in [0.1, 0.15) is 13.8 Å². The average Bonchev–Trinajstić information content (AvgIpc) is 2.56. The number of hydrogen-bond acceptors (Lipinski definition) is 5. The van der Waals surface area contributed by atoms with Crippen LogP contribution in [0.2, 0.25) is 0 Å². The smallest absolute Gasteiger partial charge is 0.243 e. The van der Waals surface area contributed by atoms with E-state index in [1.165, 1.54) is 28.6 Å². The fourth-order valence-electron chi connectivity index (χ4n) is 2.28. The highest BCUT2D eigenvalue weighted by atomic mass is 32.2. The molecule has 2 aromatic rings. The van der Waals surface area contributed by atoms with Crippen molar-refractivity contribution in [2.45, 2.75) is 23.6 Å². The van der Waals surface area contributed by atoms with E-state index >= 15 is 0 Å². The largest absolute Gasteiger partial charge is 0.457 e. The van der Waals surface area contributed by atoms with Crippen LogP contribution in [0.15, 0.2) is 58.3 Å². The molecule has 0 unspecified atom stereocenters. The lowest BCUT2D eigenvalue weighted by Crippen LogP contribution is -2.30. The predicted octanol–water partition coefficient (Wildman–Crippen LogP) is 2.91. The zero-order valence-electron chi connectivity index (χ0n) is 14.3. The molecule has 0 saturated heterocycles. The summed E-state index contributed by atoms with van der Waals surface area (Å²) in [6, 6.07) is 12.2. The Hall–Kier alpha value is -1.90. The Morgan fingerprint density at radius 1 is 0.760 bits per heavy atom. The Balaban J connectivity index is 2.18. The van der Waals surface area contributed by atoms with E-state index in [2.05, 4.69) is 0 Å². The van der Waals surface area contributed by atoms with Gasteiger partial charge in [0.05, 0.1) is 9.79 Å². The molecule has 0 aliphatic carbocycles. The number of sulfonamides is 1. The van der Waals surface area contributed by atoms with Gasteiger partial charge in [0.25, 0.3) is 0 Å². The topological polar surface area (TPSA) is 80.8 Å². The molecule has 0 N–H and O–H groups in total. The quantitative estimate of drug-likeness (QED) is 0.734. The van der Waals surface area contributed by atoms with Crippen molar-refractivity contribution in [3.63, 3.8) is 0 Å². The number of hydrogen-bond donors (Lipinski definition) is 0. The summed E-state index contributed by atoms with van der Waals surface area (Å²) < 4.78 is 54.7. The molecule has 6 nitrogen and oxygen atoms in total. The second-order valence-electron chi connectivity index (χ2n) is 5.41. The Kier molecular flexibility index (Phi) is 5.87. The van der Waals surface area contributed by atoms with E-state index in [1.807, 2.05) is 0 Å². The van der Waals surface area contributed by atoms with Crippen LogP contribution >= 0.6 is 0 Å². The van der Waals surface area contributed by atoms with Crippen molar-refractivity contribution in [2.75, 3.05) is 19.3 Å². The van der Waals surface area contributed by atoms with Crippen molar-refractivity contribution < 1.29 is 21.6 Å². The molecule has 0 atom stereocenters. The minimum absolute atomic E-state index is 0.205. The molecule has 2 rings (SSSR count). The first-order valence-corrected chi connectivity index (χ1v) is 11.1. The van der Waals surface area contributed by atoms with Gasteiger partial charge in [-0.3, -0.25) is 0 Å². The second-order valence-corrected chi connectivity index (χ2v) is 9.36. The first-order valence-electron chi connectivity index (χ1n) is 7.76. The van der Waals surface area contributed by atoms with Crippen LogP contribution in [-0.2, 0) is 19.9 Å². The fraction of sp³-hybridized carbons (Fsp3) is 0.294. The van der Waals surface area contributed by atoms with E-state index < -0.39 is 19.9 Å². The highest BCUT2D eigenvalue weighted by Crippen LogP contribution is 2.25. The Labute approximate surface area is 149 Å². The molecule has 0 fully saturated rings. The van der Waals surface area contributed by atoms with Gasteiger partial charge in [0, 0.05) is 19.3 Å². The number of nitrogens with zero attached hydrogens (tertiary/aromatic N) is 1. The van der Waals surface area contributed by atoms with Crippen molar-refractivity contribution in [1.29, 1.82) is 0 Å². The Morgan fingerprint density at radius 2 is 1.16 bits per heavy atom. The van der Waals surface area contributed by atoms with Gasteiger partial charge in [-0.1, -0.05) is 13.8 Å². The summed E-state index contributed by atoms with van der Waals surface area (Å²) in [4.78, 5) is 0.413. The van der Waals surface area contributed by atoms with Gasteiger partial charge in [-0.15, -0.1) is 0 Å². The molecule has 0 heterocycles. The van der Waals surface area contributed by atoms with Gasteiger partial charge in [0.15, 0.2) is 9.84 Å². The number of sulfone groups is 1. The molecule has 0 saturated carbocycles. The summed E-state index contributed by atoms with van der Waals surface area (Å²) >= 11 is 0. The Bertz CT molecular complexity index is 914. The molecular weight excluding hydrogens is 362 g/mol. The second kappa shape index (κ2) is 7.55. The third-order valence-corrected chi connectivity index (χ3v) is 6.85. The molecular formula is C17H21NO5S2. The van der Waals surface area contributed by atoms with Gasteiger partial charge in [0.1, 0.15) is 11.5 Å².